The maximum atomic E-state index is 11.4. The first-order chi connectivity index (χ1) is 7.54. The molecule has 0 aliphatic carbocycles. The Bertz CT molecular complexity index is 346. The number of aryl methyl sites for hydroxylation is 1. The lowest BCUT2D eigenvalue weighted by molar-refractivity contribution is -0.140. The molecule has 0 radical (unpaired) electrons. The molecule has 0 saturated carbocycles. The number of ether oxygens (including phenoxy) is 1. The van der Waals surface area contributed by atoms with Crippen molar-refractivity contribution in [1.29, 1.82) is 0 Å². The quantitative estimate of drug-likeness (QED) is 0.490. The Morgan fingerprint density at radius 2 is 1.88 bits per heavy atom. The molecule has 3 N–H and O–H groups in total. The summed E-state index contributed by atoms with van der Waals surface area (Å²) in [4.78, 5) is 11.4. The minimum absolute atomic E-state index is 0.273. The van der Waals surface area contributed by atoms with Gasteiger partial charge in [-0.15, -0.1) is 0 Å². The van der Waals surface area contributed by atoms with Crippen molar-refractivity contribution in [3.8, 4) is 0 Å². The summed E-state index contributed by atoms with van der Waals surface area (Å²) in [5.41, 5.74) is 1.27. The van der Waals surface area contributed by atoms with Crippen molar-refractivity contribution in [1.82, 2.24) is 0 Å². The second kappa shape index (κ2) is 5.60. The third-order valence-electron chi connectivity index (χ3n) is 2.03. The summed E-state index contributed by atoms with van der Waals surface area (Å²) in [6.45, 7) is 1.20. The molecule has 0 fully saturated rings. The minimum atomic E-state index is -1.72. The second-order valence-corrected chi connectivity index (χ2v) is 3.41. The van der Waals surface area contributed by atoms with Gasteiger partial charge in [-0.3, -0.25) is 0 Å². The molecule has 0 bridgehead atoms. The molecule has 2 unspecified atom stereocenters. The highest BCUT2D eigenvalue weighted by Crippen LogP contribution is 2.07. The van der Waals surface area contributed by atoms with Crippen molar-refractivity contribution < 1.29 is 24.9 Å². The molecule has 1 aromatic rings. The molecule has 1 aromatic carbocycles. The van der Waals surface area contributed by atoms with Crippen LogP contribution in [-0.4, -0.2) is 40.3 Å². The van der Waals surface area contributed by atoms with Crippen LogP contribution < -0.4 is 0 Å². The monoisotopic (exact) mass is 226 g/mol. The first kappa shape index (κ1) is 12.6. The molecule has 5 nitrogen and oxygen atoms in total. The van der Waals surface area contributed by atoms with Gasteiger partial charge in [-0.25, -0.2) is 4.79 Å². The number of esters is 1. The van der Waals surface area contributed by atoms with Crippen molar-refractivity contribution in [2.24, 2.45) is 0 Å². The topological polar surface area (TPSA) is 87.0 Å². The van der Waals surface area contributed by atoms with Gasteiger partial charge in [-0.2, -0.15) is 0 Å². The summed E-state index contributed by atoms with van der Waals surface area (Å²) in [7, 11) is 0. The number of hydrogen-bond donors (Lipinski definition) is 3. The number of hydrogen-bond acceptors (Lipinski definition) is 5. The molecule has 88 valence electrons. The zero-order valence-electron chi connectivity index (χ0n) is 8.83. The highest BCUT2D eigenvalue weighted by atomic mass is 16.6. The number of aliphatic hydroxyl groups excluding tert-OH is 3. The van der Waals surface area contributed by atoms with Crippen LogP contribution in [0, 0.1) is 6.92 Å². The van der Waals surface area contributed by atoms with Crippen molar-refractivity contribution in [3.05, 3.63) is 35.4 Å². The van der Waals surface area contributed by atoms with Crippen LogP contribution in [0.25, 0.3) is 0 Å². The van der Waals surface area contributed by atoms with Gasteiger partial charge in [0, 0.05) is 0 Å². The minimum Gasteiger partial charge on any atom is -0.429 e. The first-order valence-corrected chi connectivity index (χ1v) is 4.79. The van der Waals surface area contributed by atoms with E-state index < -0.39 is 25.0 Å². The maximum Gasteiger partial charge on any atom is 0.340 e. The van der Waals surface area contributed by atoms with E-state index in [4.69, 9.17) is 15.3 Å². The van der Waals surface area contributed by atoms with Gasteiger partial charge < -0.3 is 20.1 Å². The van der Waals surface area contributed by atoms with Crippen LogP contribution in [0.1, 0.15) is 15.9 Å². The van der Waals surface area contributed by atoms with Gasteiger partial charge in [0.05, 0.1) is 12.2 Å². The van der Waals surface area contributed by atoms with Crippen LogP contribution in [-0.2, 0) is 4.74 Å². The predicted octanol–water partition coefficient (Wildman–Crippen LogP) is -0.177. The van der Waals surface area contributed by atoms with E-state index >= 15 is 0 Å². The van der Waals surface area contributed by atoms with E-state index in [-0.39, 0.29) is 5.56 Å². The normalized spacial score (nSPS) is 14.2. The average molecular weight is 226 g/mol. The average Bonchev–Trinajstić information content (AvgIpc) is 2.28. The molecule has 0 aromatic heterocycles. The molecule has 16 heavy (non-hydrogen) atoms. The SMILES string of the molecule is Cc1ccc(C(=O)OC(O)C(O)CO)cc1. The van der Waals surface area contributed by atoms with Gasteiger partial charge in [-0.1, -0.05) is 17.7 Å². The Morgan fingerprint density at radius 3 is 2.38 bits per heavy atom. The lowest BCUT2D eigenvalue weighted by Crippen LogP contribution is -2.33. The number of carbonyl (C=O) groups excluding carboxylic acids is 1. The molecule has 0 heterocycles. The second-order valence-electron chi connectivity index (χ2n) is 3.41. The molecule has 2 atom stereocenters. The van der Waals surface area contributed by atoms with Gasteiger partial charge >= 0.3 is 5.97 Å². The third kappa shape index (κ3) is 3.30. The van der Waals surface area contributed by atoms with Gasteiger partial charge in [0.15, 0.2) is 0 Å². The van der Waals surface area contributed by atoms with Crippen molar-refractivity contribution in [2.75, 3.05) is 6.61 Å². The molecule has 1 rings (SSSR count). The highest BCUT2D eigenvalue weighted by Gasteiger charge is 2.20. The van der Waals surface area contributed by atoms with Gasteiger partial charge in [0.1, 0.15) is 6.10 Å². The lowest BCUT2D eigenvalue weighted by Gasteiger charge is -2.15. The fourth-order valence-electron chi connectivity index (χ4n) is 1.04. The Balaban J connectivity index is 2.62. The number of benzene rings is 1. The van der Waals surface area contributed by atoms with E-state index in [0.29, 0.717) is 0 Å². The highest BCUT2D eigenvalue weighted by molar-refractivity contribution is 5.89. The lowest BCUT2D eigenvalue weighted by atomic mass is 10.1. The van der Waals surface area contributed by atoms with E-state index in [9.17, 15) is 4.79 Å². The molecule has 5 heteroatoms. The number of rotatable bonds is 4. The zero-order chi connectivity index (χ0) is 12.1. The van der Waals surface area contributed by atoms with Gasteiger partial charge in [0.2, 0.25) is 6.29 Å². The van der Waals surface area contributed by atoms with Crippen LogP contribution >= 0.6 is 0 Å². The van der Waals surface area contributed by atoms with Crippen LogP contribution in [0.4, 0.5) is 0 Å². The van der Waals surface area contributed by atoms with Crippen molar-refractivity contribution in [2.45, 2.75) is 19.3 Å². The Labute approximate surface area is 92.9 Å². The van der Waals surface area contributed by atoms with E-state index in [2.05, 4.69) is 4.74 Å². The van der Waals surface area contributed by atoms with E-state index in [1.807, 2.05) is 6.92 Å². The number of carbonyl (C=O) groups is 1. The summed E-state index contributed by atoms with van der Waals surface area (Å²) >= 11 is 0. The molecule has 0 aliphatic rings. The van der Waals surface area contributed by atoms with E-state index in [1.54, 1.807) is 24.3 Å². The van der Waals surface area contributed by atoms with Crippen molar-refractivity contribution >= 4 is 5.97 Å². The van der Waals surface area contributed by atoms with Crippen LogP contribution in [0.3, 0.4) is 0 Å². The van der Waals surface area contributed by atoms with E-state index in [0.717, 1.165) is 5.56 Å². The molecular formula is C11H14O5. The zero-order valence-corrected chi connectivity index (χ0v) is 8.83. The molecule has 0 saturated heterocycles. The standard InChI is InChI=1S/C11H14O5/c1-7-2-4-8(5-3-7)10(14)16-11(15)9(13)6-12/h2-5,9,11-13,15H,6H2,1H3. The summed E-state index contributed by atoms with van der Waals surface area (Å²) in [6.07, 6.45) is -3.21. The van der Waals surface area contributed by atoms with Crippen molar-refractivity contribution in [3.63, 3.8) is 0 Å². The Kier molecular flexibility index (Phi) is 4.42. The smallest absolute Gasteiger partial charge is 0.340 e. The molecule has 0 amide bonds. The fraction of sp³-hybridized carbons (Fsp3) is 0.364. The van der Waals surface area contributed by atoms with E-state index in [1.165, 1.54) is 0 Å². The number of aliphatic hydroxyl groups is 3. The summed E-state index contributed by atoms with van der Waals surface area (Å²) in [5, 5.41) is 26.7. The molecule has 0 aliphatic heterocycles. The third-order valence-corrected chi connectivity index (χ3v) is 2.03. The Morgan fingerprint density at radius 1 is 1.31 bits per heavy atom. The molecule has 0 spiro atoms. The van der Waals surface area contributed by atoms with Gasteiger partial charge in [-0.05, 0) is 19.1 Å². The predicted molar refractivity (Wildman–Crippen MR) is 55.7 cm³/mol. The first-order valence-electron chi connectivity index (χ1n) is 4.79. The van der Waals surface area contributed by atoms with Crippen LogP contribution in [0.5, 0.6) is 0 Å². The largest absolute Gasteiger partial charge is 0.429 e. The summed E-state index contributed by atoms with van der Waals surface area (Å²) in [5.74, 6) is -0.750. The van der Waals surface area contributed by atoms with Crippen LogP contribution in [0.15, 0.2) is 24.3 Å². The summed E-state index contributed by atoms with van der Waals surface area (Å²) in [6, 6.07) is 6.56. The maximum absolute atomic E-state index is 11.4. The van der Waals surface area contributed by atoms with Gasteiger partial charge in [0.25, 0.3) is 0 Å². The molecular weight excluding hydrogens is 212 g/mol. The Hall–Kier alpha value is -1.43. The summed E-state index contributed by atoms with van der Waals surface area (Å²) < 4.78 is 4.54. The van der Waals surface area contributed by atoms with Crippen LogP contribution in [0.2, 0.25) is 0 Å². The fourth-order valence-corrected chi connectivity index (χ4v) is 1.04.